The zero-order valence-electron chi connectivity index (χ0n) is 12.5. The highest BCUT2D eigenvalue weighted by Gasteiger charge is 2.51. The molecular formula is C14H22IN3O2S. The minimum absolute atomic E-state index is 0. The number of hydrogen-bond donors (Lipinski definition) is 2. The molecule has 0 bridgehead atoms. The molecule has 21 heavy (non-hydrogen) atoms. The van der Waals surface area contributed by atoms with Crippen LogP contribution in [0.2, 0.25) is 0 Å². The van der Waals surface area contributed by atoms with Gasteiger partial charge in [0.25, 0.3) is 0 Å². The molecule has 1 fully saturated rings. The molecule has 0 atom stereocenters. The number of benzene rings is 1. The van der Waals surface area contributed by atoms with Crippen LogP contribution in [0.3, 0.4) is 0 Å². The summed E-state index contributed by atoms with van der Waals surface area (Å²) in [5, 5.41) is 3.01. The molecule has 0 spiro atoms. The summed E-state index contributed by atoms with van der Waals surface area (Å²) in [5.41, 5.74) is 8.97. The van der Waals surface area contributed by atoms with E-state index in [1.165, 1.54) is 6.26 Å². The number of anilines is 1. The van der Waals surface area contributed by atoms with Crippen molar-refractivity contribution < 1.29 is 8.42 Å². The molecule has 0 unspecified atom stereocenters. The number of nitrogens with one attached hydrogen (secondary N) is 1. The smallest absolute Gasteiger partial charge is 0.193 e. The molecule has 0 heterocycles. The molecule has 0 aliphatic heterocycles. The predicted molar refractivity (Wildman–Crippen MR) is 98.3 cm³/mol. The van der Waals surface area contributed by atoms with Crippen molar-refractivity contribution in [2.45, 2.75) is 31.4 Å². The maximum atomic E-state index is 11.6. The van der Waals surface area contributed by atoms with Crippen LogP contribution < -0.4 is 11.1 Å². The third kappa shape index (κ3) is 4.57. The summed E-state index contributed by atoms with van der Waals surface area (Å²) in [6, 6.07) is 6.01. The lowest BCUT2D eigenvalue weighted by molar-refractivity contribution is 0.583. The van der Waals surface area contributed by atoms with E-state index >= 15 is 0 Å². The highest BCUT2D eigenvalue weighted by atomic mass is 127. The summed E-state index contributed by atoms with van der Waals surface area (Å²) in [5.74, 6) is 0.255. The summed E-state index contributed by atoms with van der Waals surface area (Å²) in [6.07, 6.45) is 2.61. The normalized spacial score (nSPS) is 17.0. The summed E-state index contributed by atoms with van der Waals surface area (Å²) in [7, 11) is -3.06. The third-order valence-electron chi connectivity index (χ3n) is 3.63. The number of aryl methyl sites for hydroxylation is 2. The number of sulfone groups is 1. The number of halogens is 1. The fourth-order valence-electron chi connectivity index (χ4n) is 2.25. The van der Waals surface area contributed by atoms with Gasteiger partial charge in [0.15, 0.2) is 15.8 Å². The second-order valence-corrected chi connectivity index (χ2v) is 8.07. The Bertz CT molecular complexity index is 632. The summed E-state index contributed by atoms with van der Waals surface area (Å²) < 4.78 is 22.6. The van der Waals surface area contributed by atoms with Crippen LogP contribution in [-0.2, 0) is 9.84 Å². The van der Waals surface area contributed by atoms with Gasteiger partial charge in [-0.05, 0) is 49.9 Å². The Morgan fingerprint density at radius 3 is 2.24 bits per heavy atom. The predicted octanol–water partition coefficient (Wildman–Crippen LogP) is 2.23. The number of aliphatic imine (C=N–C) groups is 1. The summed E-state index contributed by atoms with van der Waals surface area (Å²) >= 11 is 0. The molecule has 7 heteroatoms. The van der Waals surface area contributed by atoms with E-state index in [1.54, 1.807) is 0 Å². The minimum atomic E-state index is -3.06. The first-order valence-corrected chi connectivity index (χ1v) is 8.46. The quantitative estimate of drug-likeness (QED) is 0.442. The van der Waals surface area contributed by atoms with Crippen molar-refractivity contribution in [3.63, 3.8) is 0 Å². The standard InChI is InChI=1S/C14H21N3O2S.HI/c1-10-6-11(2)8-12(7-10)17-13(15)16-9-14(4-5-14)20(3,18)19;/h6-8H,4-5,9H2,1-3H3,(H3,15,16,17);1H. The highest BCUT2D eigenvalue weighted by molar-refractivity contribution is 14.0. The van der Waals surface area contributed by atoms with Crippen LogP contribution in [0.1, 0.15) is 24.0 Å². The average Bonchev–Trinajstić information content (AvgIpc) is 3.04. The van der Waals surface area contributed by atoms with Gasteiger partial charge in [-0.1, -0.05) is 6.07 Å². The minimum Gasteiger partial charge on any atom is -0.370 e. The third-order valence-corrected chi connectivity index (χ3v) is 5.74. The van der Waals surface area contributed by atoms with Gasteiger partial charge in [0.2, 0.25) is 0 Å². The number of nitrogens with zero attached hydrogens (tertiary/aromatic N) is 1. The van der Waals surface area contributed by atoms with E-state index < -0.39 is 14.6 Å². The van der Waals surface area contributed by atoms with Crippen molar-refractivity contribution in [3.8, 4) is 0 Å². The first-order chi connectivity index (χ1) is 9.22. The molecule has 1 aromatic carbocycles. The lowest BCUT2D eigenvalue weighted by atomic mass is 10.1. The zero-order valence-corrected chi connectivity index (χ0v) is 15.7. The van der Waals surface area contributed by atoms with Crippen molar-refractivity contribution in [1.29, 1.82) is 0 Å². The Kier molecular flexibility index (Phi) is 5.65. The molecule has 0 aromatic heterocycles. The van der Waals surface area contributed by atoms with E-state index in [9.17, 15) is 8.42 Å². The van der Waals surface area contributed by atoms with E-state index in [2.05, 4.69) is 16.4 Å². The van der Waals surface area contributed by atoms with Crippen LogP contribution in [-0.4, -0.2) is 31.9 Å². The van der Waals surface area contributed by atoms with Crippen molar-refractivity contribution in [1.82, 2.24) is 0 Å². The lowest BCUT2D eigenvalue weighted by Crippen LogP contribution is -2.29. The van der Waals surface area contributed by atoms with E-state index in [4.69, 9.17) is 5.73 Å². The molecule has 1 aliphatic rings. The van der Waals surface area contributed by atoms with Gasteiger partial charge in [-0.2, -0.15) is 0 Å². The number of rotatable bonds is 4. The molecule has 0 radical (unpaired) electrons. The Labute approximate surface area is 143 Å². The molecule has 0 saturated heterocycles. The molecule has 1 aliphatic carbocycles. The van der Waals surface area contributed by atoms with Crippen molar-refractivity contribution >= 4 is 45.5 Å². The molecule has 118 valence electrons. The molecule has 0 amide bonds. The number of hydrogen-bond acceptors (Lipinski definition) is 3. The molecular weight excluding hydrogens is 401 g/mol. The molecule has 5 nitrogen and oxygen atoms in total. The first kappa shape index (κ1) is 18.2. The van der Waals surface area contributed by atoms with Gasteiger partial charge in [0, 0.05) is 11.9 Å². The molecule has 2 rings (SSSR count). The second kappa shape index (κ2) is 6.51. The lowest BCUT2D eigenvalue weighted by Gasteiger charge is -2.11. The van der Waals surface area contributed by atoms with E-state index in [0.717, 1.165) is 16.8 Å². The molecule has 1 aromatic rings. The Balaban J connectivity index is 0.00000220. The van der Waals surface area contributed by atoms with Crippen molar-refractivity contribution in [3.05, 3.63) is 29.3 Å². The van der Waals surface area contributed by atoms with E-state index in [0.29, 0.717) is 12.8 Å². The van der Waals surface area contributed by atoms with Gasteiger partial charge in [0.05, 0.1) is 11.3 Å². The fourth-order valence-corrected chi connectivity index (χ4v) is 3.39. The molecule has 1 saturated carbocycles. The molecule has 3 N–H and O–H groups in total. The van der Waals surface area contributed by atoms with Crippen LogP contribution >= 0.6 is 24.0 Å². The Morgan fingerprint density at radius 1 is 1.29 bits per heavy atom. The summed E-state index contributed by atoms with van der Waals surface area (Å²) in [4.78, 5) is 4.18. The van der Waals surface area contributed by atoms with E-state index in [1.807, 2.05) is 26.0 Å². The highest BCUT2D eigenvalue weighted by Crippen LogP contribution is 2.43. The SMILES string of the molecule is Cc1cc(C)cc(NC(N)=NCC2(S(C)(=O)=O)CC2)c1.I. The Hall–Kier alpha value is -0.830. The van der Waals surface area contributed by atoms with Gasteiger partial charge in [-0.3, -0.25) is 4.99 Å². The van der Waals surface area contributed by atoms with Crippen LogP contribution in [0.25, 0.3) is 0 Å². The van der Waals surface area contributed by atoms with Gasteiger partial charge in [-0.15, -0.1) is 24.0 Å². The van der Waals surface area contributed by atoms with Crippen molar-refractivity contribution in [2.75, 3.05) is 18.1 Å². The summed E-state index contributed by atoms with van der Waals surface area (Å²) in [6.45, 7) is 4.25. The first-order valence-electron chi connectivity index (χ1n) is 6.57. The zero-order chi connectivity index (χ0) is 15.0. The van der Waals surface area contributed by atoms with Crippen LogP contribution in [0.5, 0.6) is 0 Å². The monoisotopic (exact) mass is 423 g/mol. The Morgan fingerprint density at radius 2 is 1.81 bits per heavy atom. The maximum absolute atomic E-state index is 11.6. The number of nitrogens with two attached hydrogens (primary N) is 1. The average molecular weight is 423 g/mol. The van der Waals surface area contributed by atoms with Gasteiger partial charge < -0.3 is 11.1 Å². The van der Waals surface area contributed by atoms with Gasteiger partial charge >= 0.3 is 0 Å². The van der Waals surface area contributed by atoms with Crippen LogP contribution in [0.4, 0.5) is 5.69 Å². The second-order valence-electron chi connectivity index (χ2n) is 5.66. The fraction of sp³-hybridized carbons (Fsp3) is 0.500. The topological polar surface area (TPSA) is 84.5 Å². The maximum Gasteiger partial charge on any atom is 0.193 e. The van der Waals surface area contributed by atoms with E-state index in [-0.39, 0.29) is 36.5 Å². The number of guanidine groups is 1. The van der Waals surface area contributed by atoms with Gasteiger partial charge in [0.1, 0.15) is 0 Å². The van der Waals surface area contributed by atoms with Crippen LogP contribution in [0.15, 0.2) is 23.2 Å². The largest absolute Gasteiger partial charge is 0.370 e. The van der Waals surface area contributed by atoms with Gasteiger partial charge in [-0.25, -0.2) is 8.42 Å². The van der Waals surface area contributed by atoms with Crippen molar-refractivity contribution in [2.24, 2.45) is 10.7 Å². The van der Waals surface area contributed by atoms with Crippen LogP contribution in [0, 0.1) is 13.8 Å².